The van der Waals surface area contributed by atoms with E-state index in [0.717, 1.165) is 37.0 Å². The first kappa shape index (κ1) is 11.3. The van der Waals surface area contributed by atoms with E-state index in [4.69, 9.17) is 12.2 Å². The second-order valence-electron chi connectivity index (χ2n) is 4.14. The lowest BCUT2D eigenvalue weighted by Crippen LogP contribution is -2.48. The molecule has 0 amide bonds. The Morgan fingerprint density at radius 3 is 2.56 bits per heavy atom. The van der Waals surface area contributed by atoms with Crippen LogP contribution in [0.4, 0.5) is 5.82 Å². The minimum absolute atomic E-state index is 0.998. The molecular formula is C12H17N3S. The van der Waals surface area contributed by atoms with E-state index < -0.39 is 0 Å². The van der Waals surface area contributed by atoms with Gasteiger partial charge in [0, 0.05) is 32.4 Å². The van der Waals surface area contributed by atoms with Crippen molar-refractivity contribution >= 4 is 23.0 Å². The monoisotopic (exact) mass is 235 g/mol. The van der Waals surface area contributed by atoms with Gasteiger partial charge >= 0.3 is 0 Å². The lowest BCUT2D eigenvalue weighted by atomic mass is 10.2. The minimum Gasteiger partial charge on any atom is -0.363 e. The topological polar surface area (TPSA) is 19.4 Å². The van der Waals surface area contributed by atoms with E-state index in [9.17, 15) is 0 Å². The summed E-state index contributed by atoms with van der Waals surface area (Å²) in [6.07, 6.45) is 1.86. The summed E-state index contributed by atoms with van der Waals surface area (Å²) in [6, 6.07) is 4.09. The smallest absolute Gasteiger partial charge is 0.131 e. The third-order valence-electron chi connectivity index (χ3n) is 3.01. The van der Waals surface area contributed by atoms with Crippen molar-refractivity contribution in [3.05, 3.63) is 23.9 Å². The fourth-order valence-corrected chi connectivity index (χ4v) is 2.22. The SMILES string of the molecule is CC(=S)N1CCN(c2ncccc2C)CC1. The molecule has 1 saturated heterocycles. The Labute approximate surface area is 102 Å². The van der Waals surface area contributed by atoms with Gasteiger partial charge in [-0.1, -0.05) is 18.3 Å². The lowest BCUT2D eigenvalue weighted by molar-refractivity contribution is 0.388. The molecule has 1 fully saturated rings. The molecule has 2 rings (SSSR count). The van der Waals surface area contributed by atoms with Gasteiger partial charge in [-0.2, -0.15) is 0 Å². The van der Waals surface area contributed by atoms with Gasteiger partial charge in [-0.15, -0.1) is 0 Å². The highest BCUT2D eigenvalue weighted by Gasteiger charge is 2.18. The van der Waals surface area contributed by atoms with E-state index in [1.165, 1.54) is 5.56 Å². The first-order valence-electron chi connectivity index (χ1n) is 5.60. The molecule has 0 N–H and O–H groups in total. The van der Waals surface area contributed by atoms with Gasteiger partial charge in [-0.25, -0.2) is 4.98 Å². The molecule has 4 heteroatoms. The number of pyridine rings is 1. The van der Waals surface area contributed by atoms with Crippen molar-refractivity contribution in [3.63, 3.8) is 0 Å². The number of hydrogen-bond acceptors (Lipinski definition) is 3. The maximum atomic E-state index is 5.19. The third kappa shape index (κ3) is 2.32. The van der Waals surface area contributed by atoms with Crippen molar-refractivity contribution in [3.8, 4) is 0 Å². The number of piperazine rings is 1. The van der Waals surface area contributed by atoms with Crippen LogP contribution in [0.3, 0.4) is 0 Å². The largest absolute Gasteiger partial charge is 0.363 e. The summed E-state index contributed by atoms with van der Waals surface area (Å²) in [5.74, 6) is 1.11. The Bertz CT molecular complexity index is 384. The van der Waals surface area contributed by atoms with Gasteiger partial charge in [0.25, 0.3) is 0 Å². The minimum atomic E-state index is 0.998. The zero-order chi connectivity index (χ0) is 11.5. The average molecular weight is 235 g/mol. The van der Waals surface area contributed by atoms with E-state index in [-0.39, 0.29) is 0 Å². The first-order chi connectivity index (χ1) is 7.68. The number of rotatable bonds is 1. The Hall–Kier alpha value is -1.16. The van der Waals surface area contributed by atoms with Crippen molar-refractivity contribution in [1.82, 2.24) is 9.88 Å². The van der Waals surface area contributed by atoms with Gasteiger partial charge in [-0.05, 0) is 25.5 Å². The molecule has 16 heavy (non-hydrogen) atoms. The molecule has 86 valence electrons. The van der Waals surface area contributed by atoms with Crippen molar-refractivity contribution in [2.24, 2.45) is 0 Å². The molecule has 0 aromatic carbocycles. The molecule has 0 aliphatic carbocycles. The number of thiocarbonyl (C=S) groups is 1. The zero-order valence-electron chi connectivity index (χ0n) is 9.81. The molecule has 0 spiro atoms. The Morgan fingerprint density at radius 2 is 2.00 bits per heavy atom. The fourth-order valence-electron chi connectivity index (χ4n) is 2.04. The van der Waals surface area contributed by atoms with Crippen LogP contribution in [0.15, 0.2) is 18.3 Å². The van der Waals surface area contributed by atoms with Crippen LogP contribution >= 0.6 is 12.2 Å². The van der Waals surface area contributed by atoms with Crippen LogP contribution in [0, 0.1) is 6.92 Å². The Morgan fingerprint density at radius 1 is 1.31 bits per heavy atom. The fraction of sp³-hybridized carbons (Fsp3) is 0.500. The van der Waals surface area contributed by atoms with Gasteiger partial charge in [0.2, 0.25) is 0 Å². The third-order valence-corrected chi connectivity index (χ3v) is 3.26. The maximum Gasteiger partial charge on any atom is 0.131 e. The van der Waals surface area contributed by atoms with Crippen LogP contribution in [0.2, 0.25) is 0 Å². The molecule has 0 saturated carbocycles. The standard InChI is InChI=1S/C12H17N3S/c1-10-4-3-5-13-12(10)15-8-6-14(7-9-15)11(2)16/h3-5H,6-9H2,1-2H3. The summed E-state index contributed by atoms with van der Waals surface area (Å²) in [7, 11) is 0. The molecule has 0 atom stereocenters. The maximum absolute atomic E-state index is 5.19. The summed E-state index contributed by atoms with van der Waals surface area (Å²) < 4.78 is 0. The molecule has 0 bridgehead atoms. The van der Waals surface area contributed by atoms with Crippen molar-refractivity contribution < 1.29 is 0 Å². The van der Waals surface area contributed by atoms with Crippen LogP contribution in [0.1, 0.15) is 12.5 Å². The van der Waals surface area contributed by atoms with E-state index >= 15 is 0 Å². The summed E-state index contributed by atoms with van der Waals surface area (Å²) in [5, 5.41) is 0. The quantitative estimate of drug-likeness (QED) is 0.692. The summed E-state index contributed by atoms with van der Waals surface area (Å²) in [4.78, 5) is 10.0. The predicted molar refractivity (Wildman–Crippen MR) is 71.0 cm³/mol. The number of hydrogen-bond donors (Lipinski definition) is 0. The second kappa shape index (κ2) is 4.78. The highest BCUT2D eigenvalue weighted by Crippen LogP contribution is 2.17. The van der Waals surface area contributed by atoms with Crippen molar-refractivity contribution in [1.29, 1.82) is 0 Å². The lowest BCUT2D eigenvalue weighted by Gasteiger charge is -2.36. The molecule has 0 radical (unpaired) electrons. The van der Waals surface area contributed by atoms with Crippen molar-refractivity contribution in [2.45, 2.75) is 13.8 Å². The highest BCUT2D eigenvalue weighted by molar-refractivity contribution is 7.80. The van der Waals surface area contributed by atoms with Crippen LogP contribution < -0.4 is 4.90 Å². The van der Waals surface area contributed by atoms with Crippen LogP contribution in [-0.2, 0) is 0 Å². The summed E-state index contributed by atoms with van der Waals surface area (Å²) in [5.41, 5.74) is 1.25. The van der Waals surface area contributed by atoms with Gasteiger partial charge in [0.05, 0.1) is 4.99 Å². The first-order valence-corrected chi connectivity index (χ1v) is 6.01. The normalized spacial score (nSPS) is 16.4. The number of nitrogens with zero attached hydrogens (tertiary/aromatic N) is 3. The molecule has 1 aromatic heterocycles. The van der Waals surface area contributed by atoms with E-state index in [1.54, 1.807) is 0 Å². The second-order valence-corrected chi connectivity index (χ2v) is 4.73. The number of aryl methyl sites for hydroxylation is 1. The Kier molecular flexibility index (Phi) is 3.39. The molecular weight excluding hydrogens is 218 g/mol. The molecule has 1 aliphatic heterocycles. The number of aromatic nitrogens is 1. The van der Waals surface area contributed by atoms with Crippen LogP contribution in [0.5, 0.6) is 0 Å². The van der Waals surface area contributed by atoms with Gasteiger partial charge < -0.3 is 9.80 Å². The van der Waals surface area contributed by atoms with E-state index in [0.29, 0.717) is 0 Å². The zero-order valence-corrected chi connectivity index (χ0v) is 10.6. The van der Waals surface area contributed by atoms with E-state index in [1.807, 2.05) is 19.2 Å². The summed E-state index contributed by atoms with van der Waals surface area (Å²) in [6.45, 7) is 8.13. The van der Waals surface area contributed by atoms with Gasteiger partial charge in [0.15, 0.2) is 0 Å². The number of anilines is 1. The van der Waals surface area contributed by atoms with Crippen LogP contribution in [-0.4, -0.2) is 41.1 Å². The summed E-state index contributed by atoms with van der Waals surface area (Å²) >= 11 is 5.19. The highest BCUT2D eigenvalue weighted by atomic mass is 32.1. The molecule has 1 aliphatic rings. The molecule has 3 nitrogen and oxygen atoms in total. The van der Waals surface area contributed by atoms with Gasteiger partial charge in [-0.3, -0.25) is 0 Å². The van der Waals surface area contributed by atoms with E-state index in [2.05, 4.69) is 27.8 Å². The van der Waals surface area contributed by atoms with Crippen molar-refractivity contribution in [2.75, 3.05) is 31.1 Å². The average Bonchev–Trinajstić information content (AvgIpc) is 2.30. The predicted octanol–water partition coefficient (Wildman–Crippen LogP) is 1.86. The molecule has 2 heterocycles. The molecule has 0 unspecified atom stereocenters. The Balaban J connectivity index is 2.05. The molecule has 1 aromatic rings. The van der Waals surface area contributed by atoms with Crippen LogP contribution in [0.25, 0.3) is 0 Å². The van der Waals surface area contributed by atoms with Gasteiger partial charge in [0.1, 0.15) is 5.82 Å².